The molecule has 4 aliphatic rings. The van der Waals surface area contributed by atoms with Crippen LogP contribution in [0.3, 0.4) is 0 Å². The Kier molecular flexibility index (Phi) is 5.10. The fraction of sp³-hybridized carbons (Fsp3) is 0.870. The van der Waals surface area contributed by atoms with E-state index in [9.17, 15) is 4.79 Å². The predicted molar refractivity (Wildman–Crippen MR) is 111 cm³/mol. The highest BCUT2D eigenvalue weighted by atomic mass is 32.2. The molecule has 2 N–H and O–H groups in total. The van der Waals surface area contributed by atoms with Crippen LogP contribution in [0.4, 0.5) is 0 Å². The number of carbonyl (C=O) groups excluding carboxylic acids is 1. The summed E-state index contributed by atoms with van der Waals surface area (Å²) >= 11 is 2.17. The van der Waals surface area contributed by atoms with Crippen molar-refractivity contribution in [2.45, 2.75) is 76.9 Å². The van der Waals surface area contributed by atoms with Crippen molar-refractivity contribution >= 4 is 17.5 Å². The van der Waals surface area contributed by atoms with Gasteiger partial charge in [-0.05, 0) is 92.8 Å². The molecule has 0 aliphatic heterocycles. The molecule has 4 rings (SSSR count). The number of ketones is 1. The van der Waals surface area contributed by atoms with Gasteiger partial charge in [0.05, 0.1) is 0 Å². The normalized spacial score (nSPS) is 48.0. The first-order chi connectivity index (χ1) is 12.4. The second-order valence-corrected chi connectivity index (χ2v) is 11.5. The maximum absolute atomic E-state index is 12.6. The van der Waals surface area contributed by atoms with Crippen molar-refractivity contribution in [2.24, 2.45) is 40.2 Å². The van der Waals surface area contributed by atoms with Crippen molar-refractivity contribution in [3.8, 4) is 0 Å². The molecule has 0 aromatic carbocycles. The molecule has 0 spiro atoms. The van der Waals surface area contributed by atoms with E-state index in [4.69, 9.17) is 5.73 Å². The number of carbonyl (C=O) groups is 1. The molecule has 2 nitrogen and oxygen atoms in total. The van der Waals surface area contributed by atoms with Crippen molar-refractivity contribution in [2.75, 3.05) is 12.3 Å². The molecule has 3 heteroatoms. The van der Waals surface area contributed by atoms with Gasteiger partial charge in [-0.15, -0.1) is 0 Å². The number of fused-ring (bicyclic) bond motifs is 5. The van der Waals surface area contributed by atoms with Crippen molar-refractivity contribution in [1.82, 2.24) is 0 Å². The molecule has 2 unspecified atom stereocenters. The third-order valence-electron chi connectivity index (χ3n) is 8.99. The topological polar surface area (TPSA) is 43.1 Å². The molecule has 4 aliphatic carbocycles. The van der Waals surface area contributed by atoms with Gasteiger partial charge in [0, 0.05) is 17.1 Å². The quantitative estimate of drug-likeness (QED) is 0.541. The number of rotatable bonds is 4. The van der Waals surface area contributed by atoms with E-state index in [2.05, 4.69) is 32.2 Å². The summed E-state index contributed by atoms with van der Waals surface area (Å²) in [6, 6.07) is 0. The third kappa shape index (κ3) is 2.83. The van der Waals surface area contributed by atoms with Gasteiger partial charge in [-0.3, -0.25) is 4.79 Å². The van der Waals surface area contributed by atoms with Gasteiger partial charge in [-0.2, -0.15) is 11.8 Å². The molecule has 7 atom stereocenters. The van der Waals surface area contributed by atoms with E-state index in [0.717, 1.165) is 49.3 Å². The van der Waals surface area contributed by atoms with Gasteiger partial charge in [0.1, 0.15) is 5.78 Å². The lowest BCUT2D eigenvalue weighted by molar-refractivity contribution is -0.134. The molecule has 0 aromatic heterocycles. The number of allylic oxidation sites excluding steroid dienone is 1. The van der Waals surface area contributed by atoms with Crippen LogP contribution in [-0.4, -0.2) is 23.3 Å². The lowest BCUT2D eigenvalue weighted by Crippen LogP contribution is -2.54. The first kappa shape index (κ1) is 19.1. The van der Waals surface area contributed by atoms with Gasteiger partial charge in [-0.1, -0.05) is 26.0 Å². The summed E-state index contributed by atoms with van der Waals surface area (Å²) in [7, 11) is 0. The minimum atomic E-state index is -0.0391. The summed E-state index contributed by atoms with van der Waals surface area (Å²) in [5.41, 5.74) is 7.61. The van der Waals surface area contributed by atoms with Crippen LogP contribution in [0, 0.1) is 34.5 Å². The zero-order valence-corrected chi connectivity index (χ0v) is 17.6. The van der Waals surface area contributed by atoms with Gasteiger partial charge in [-0.25, -0.2) is 0 Å². The van der Waals surface area contributed by atoms with Crippen LogP contribution in [0.2, 0.25) is 0 Å². The van der Waals surface area contributed by atoms with E-state index in [0.29, 0.717) is 23.0 Å². The number of Topliss-reactive ketones (excluding diaryl/α,β-unsaturated/α-hetero) is 1. The lowest BCUT2D eigenvalue weighted by atomic mass is 9.44. The average Bonchev–Trinajstić information content (AvgIpc) is 2.92. The maximum atomic E-state index is 12.6. The van der Waals surface area contributed by atoms with Crippen LogP contribution >= 0.6 is 11.8 Å². The summed E-state index contributed by atoms with van der Waals surface area (Å²) in [5.74, 6) is 4.54. The molecule has 0 saturated heterocycles. The Morgan fingerprint density at radius 2 is 2.00 bits per heavy atom. The van der Waals surface area contributed by atoms with E-state index < -0.39 is 0 Å². The average molecular weight is 376 g/mol. The maximum Gasteiger partial charge on any atom is 0.139 e. The third-order valence-corrected chi connectivity index (χ3v) is 10.4. The highest BCUT2D eigenvalue weighted by molar-refractivity contribution is 7.99. The SMILES string of the molecule is C=C1CC2CC(SCCCN)CC[C@]2(C)[C@@H]2CC[C@]3(C)C(=O)CC[C@H]3[C@H]12. The highest BCUT2D eigenvalue weighted by Gasteiger charge is 2.61. The van der Waals surface area contributed by atoms with Gasteiger partial charge >= 0.3 is 0 Å². The largest absolute Gasteiger partial charge is 0.330 e. The van der Waals surface area contributed by atoms with Gasteiger partial charge in [0.25, 0.3) is 0 Å². The second kappa shape index (κ2) is 6.95. The van der Waals surface area contributed by atoms with Crippen molar-refractivity contribution in [3.63, 3.8) is 0 Å². The van der Waals surface area contributed by atoms with Gasteiger partial charge in [0.15, 0.2) is 0 Å². The Morgan fingerprint density at radius 3 is 2.77 bits per heavy atom. The molecule has 4 fully saturated rings. The van der Waals surface area contributed by atoms with Crippen molar-refractivity contribution in [3.05, 3.63) is 12.2 Å². The minimum Gasteiger partial charge on any atom is -0.330 e. The van der Waals surface area contributed by atoms with Gasteiger partial charge in [0.2, 0.25) is 0 Å². The highest BCUT2D eigenvalue weighted by Crippen LogP contribution is 2.66. The summed E-state index contributed by atoms with van der Waals surface area (Å²) in [5, 5.41) is 0.825. The number of nitrogens with two attached hydrogens (primary N) is 1. The van der Waals surface area contributed by atoms with Crippen LogP contribution in [-0.2, 0) is 4.79 Å². The Labute approximate surface area is 164 Å². The summed E-state index contributed by atoms with van der Waals surface area (Å²) in [4.78, 5) is 12.6. The standard InChI is InChI=1S/C23H37NOS/c1-15-13-16-14-17(26-12-4-11-24)7-9-22(16,2)19-8-10-23(3)18(21(15)19)5-6-20(23)25/h16-19,21H,1,4-14,24H2,2-3H3/t16?,17?,18-,19+,21-,22-,23-/m0/s1. The molecule has 0 bridgehead atoms. The molecule has 0 heterocycles. The minimum absolute atomic E-state index is 0.0391. The Balaban J connectivity index is 1.52. The van der Waals surface area contributed by atoms with Crippen LogP contribution in [0.1, 0.15) is 71.6 Å². The molecule has 146 valence electrons. The lowest BCUT2D eigenvalue weighted by Gasteiger charge is -2.61. The van der Waals surface area contributed by atoms with Crippen LogP contribution in [0.25, 0.3) is 0 Å². The van der Waals surface area contributed by atoms with E-state index in [-0.39, 0.29) is 5.41 Å². The fourth-order valence-corrected chi connectivity index (χ4v) is 8.66. The van der Waals surface area contributed by atoms with Crippen LogP contribution in [0.5, 0.6) is 0 Å². The van der Waals surface area contributed by atoms with Gasteiger partial charge < -0.3 is 5.73 Å². The monoisotopic (exact) mass is 375 g/mol. The van der Waals surface area contributed by atoms with E-state index >= 15 is 0 Å². The molecular weight excluding hydrogens is 338 g/mol. The molecular formula is C23H37NOS. The molecule has 0 radical (unpaired) electrons. The fourth-order valence-electron chi connectivity index (χ4n) is 7.34. The van der Waals surface area contributed by atoms with E-state index in [1.54, 1.807) is 0 Å². The number of thioether (sulfide) groups is 1. The molecule has 0 amide bonds. The van der Waals surface area contributed by atoms with Crippen LogP contribution in [0.15, 0.2) is 12.2 Å². The van der Waals surface area contributed by atoms with Crippen molar-refractivity contribution in [1.29, 1.82) is 0 Å². The smallest absolute Gasteiger partial charge is 0.139 e. The second-order valence-electron chi connectivity index (χ2n) is 10.1. The first-order valence-corrected chi connectivity index (χ1v) is 12.0. The van der Waals surface area contributed by atoms with E-state index in [1.807, 2.05) is 0 Å². The summed E-state index contributed by atoms with van der Waals surface area (Å²) < 4.78 is 0. The van der Waals surface area contributed by atoms with Crippen molar-refractivity contribution < 1.29 is 4.79 Å². The zero-order valence-electron chi connectivity index (χ0n) is 16.8. The zero-order chi connectivity index (χ0) is 18.5. The molecule has 0 aromatic rings. The first-order valence-electron chi connectivity index (χ1n) is 10.9. The predicted octanol–water partition coefficient (Wildman–Crippen LogP) is 5.21. The molecule has 4 saturated carbocycles. The Morgan fingerprint density at radius 1 is 1.19 bits per heavy atom. The summed E-state index contributed by atoms with van der Waals surface area (Å²) in [6.45, 7) is 10.3. The van der Waals surface area contributed by atoms with Crippen LogP contribution < -0.4 is 5.73 Å². The summed E-state index contributed by atoms with van der Waals surface area (Å²) in [6.07, 6.45) is 10.8. The number of hydrogen-bond acceptors (Lipinski definition) is 3. The Hall–Kier alpha value is -0.280. The molecule has 26 heavy (non-hydrogen) atoms. The number of hydrogen-bond donors (Lipinski definition) is 1. The van der Waals surface area contributed by atoms with E-state index in [1.165, 1.54) is 43.4 Å². The Bertz CT molecular complexity index is 589.